The Balaban J connectivity index is 1.85. The summed E-state index contributed by atoms with van der Waals surface area (Å²) in [5, 5.41) is 0. The summed E-state index contributed by atoms with van der Waals surface area (Å²) in [6, 6.07) is 9.76. The van der Waals surface area contributed by atoms with Gasteiger partial charge in [-0.05, 0) is 50.0 Å². The standard InChI is InChI=1S/C13H16BrN/c14-11-5-3-10(4-6-11)12-7-9-15-8-1-2-13(12)15/h3-6,12-13H,1-2,7-9H2. The molecule has 2 saturated heterocycles. The van der Waals surface area contributed by atoms with Gasteiger partial charge in [0.05, 0.1) is 0 Å². The average molecular weight is 266 g/mol. The first-order chi connectivity index (χ1) is 7.34. The molecular formula is C13H16BrN. The molecule has 15 heavy (non-hydrogen) atoms. The Labute approximate surface area is 99.6 Å². The highest BCUT2D eigenvalue weighted by Gasteiger charge is 2.37. The molecule has 0 amide bonds. The molecule has 2 unspecified atom stereocenters. The molecule has 2 fully saturated rings. The minimum atomic E-state index is 0.792. The van der Waals surface area contributed by atoms with Crippen LogP contribution in [-0.2, 0) is 0 Å². The maximum absolute atomic E-state index is 3.50. The number of nitrogens with zero attached hydrogens (tertiary/aromatic N) is 1. The van der Waals surface area contributed by atoms with Gasteiger partial charge < -0.3 is 0 Å². The molecule has 1 aromatic rings. The lowest BCUT2D eigenvalue weighted by atomic mass is 9.91. The second kappa shape index (κ2) is 3.91. The number of rotatable bonds is 1. The molecule has 0 aliphatic carbocycles. The fourth-order valence-corrected chi connectivity index (χ4v) is 3.45. The average Bonchev–Trinajstić information content (AvgIpc) is 2.80. The second-order valence-electron chi connectivity index (χ2n) is 4.69. The van der Waals surface area contributed by atoms with Gasteiger partial charge in [-0.15, -0.1) is 0 Å². The minimum absolute atomic E-state index is 0.792. The van der Waals surface area contributed by atoms with Gasteiger partial charge in [-0.3, -0.25) is 4.90 Å². The number of halogens is 1. The lowest BCUT2D eigenvalue weighted by Crippen LogP contribution is -2.25. The van der Waals surface area contributed by atoms with E-state index in [9.17, 15) is 0 Å². The number of fused-ring (bicyclic) bond motifs is 1. The van der Waals surface area contributed by atoms with Crippen LogP contribution in [0.15, 0.2) is 28.7 Å². The molecule has 0 radical (unpaired) electrons. The van der Waals surface area contributed by atoms with Crippen molar-refractivity contribution in [1.82, 2.24) is 4.90 Å². The molecule has 0 bridgehead atoms. The Bertz CT molecular complexity index is 346. The highest BCUT2D eigenvalue weighted by molar-refractivity contribution is 9.10. The molecule has 2 heteroatoms. The highest BCUT2D eigenvalue weighted by Crippen LogP contribution is 2.39. The third kappa shape index (κ3) is 1.74. The monoisotopic (exact) mass is 265 g/mol. The van der Waals surface area contributed by atoms with Crippen LogP contribution in [0.4, 0.5) is 0 Å². The van der Waals surface area contributed by atoms with Crippen molar-refractivity contribution in [2.24, 2.45) is 0 Å². The summed E-state index contributed by atoms with van der Waals surface area (Å²) in [5.41, 5.74) is 1.53. The Kier molecular flexibility index (Phi) is 2.57. The predicted octanol–water partition coefficient (Wildman–Crippen LogP) is 3.40. The first-order valence-corrected chi connectivity index (χ1v) is 6.63. The van der Waals surface area contributed by atoms with E-state index in [2.05, 4.69) is 45.1 Å². The van der Waals surface area contributed by atoms with Crippen molar-refractivity contribution in [3.05, 3.63) is 34.3 Å². The molecule has 1 nitrogen and oxygen atoms in total. The maximum atomic E-state index is 3.50. The van der Waals surface area contributed by atoms with E-state index >= 15 is 0 Å². The van der Waals surface area contributed by atoms with Crippen molar-refractivity contribution in [3.8, 4) is 0 Å². The number of hydrogen-bond acceptors (Lipinski definition) is 1. The van der Waals surface area contributed by atoms with Crippen LogP contribution >= 0.6 is 15.9 Å². The van der Waals surface area contributed by atoms with E-state index in [0.29, 0.717) is 0 Å². The van der Waals surface area contributed by atoms with E-state index in [1.54, 1.807) is 0 Å². The van der Waals surface area contributed by atoms with E-state index in [1.165, 1.54) is 42.4 Å². The van der Waals surface area contributed by atoms with Gasteiger partial charge in [0.1, 0.15) is 0 Å². The van der Waals surface area contributed by atoms with Crippen molar-refractivity contribution < 1.29 is 0 Å². The van der Waals surface area contributed by atoms with Gasteiger partial charge in [0.2, 0.25) is 0 Å². The van der Waals surface area contributed by atoms with Crippen LogP contribution in [-0.4, -0.2) is 24.0 Å². The van der Waals surface area contributed by atoms with Gasteiger partial charge in [-0.25, -0.2) is 0 Å². The Morgan fingerprint density at radius 1 is 1.07 bits per heavy atom. The fourth-order valence-electron chi connectivity index (χ4n) is 3.18. The summed E-state index contributed by atoms with van der Waals surface area (Å²) in [6.07, 6.45) is 4.16. The predicted molar refractivity (Wildman–Crippen MR) is 66.1 cm³/mol. The molecular weight excluding hydrogens is 250 g/mol. The summed E-state index contributed by atoms with van der Waals surface area (Å²) in [7, 11) is 0. The molecule has 2 atom stereocenters. The largest absolute Gasteiger partial charge is 0.300 e. The third-order valence-electron chi connectivity index (χ3n) is 3.90. The summed E-state index contributed by atoms with van der Waals surface area (Å²) < 4.78 is 1.19. The van der Waals surface area contributed by atoms with Gasteiger partial charge in [-0.2, -0.15) is 0 Å². The van der Waals surface area contributed by atoms with E-state index in [-0.39, 0.29) is 0 Å². The van der Waals surface area contributed by atoms with Gasteiger partial charge in [0.25, 0.3) is 0 Å². The van der Waals surface area contributed by atoms with Gasteiger partial charge in [-0.1, -0.05) is 28.1 Å². The molecule has 2 aliphatic rings. The maximum Gasteiger partial charge on any atom is 0.0175 e. The normalized spacial score (nSPS) is 30.7. The third-order valence-corrected chi connectivity index (χ3v) is 4.43. The SMILES string of the molecule is Brc1ccc(C2CCN3CCCC23)cc1. The highest BCUT2D eigenvalue weighted by atomic mass is 79.9. The Hall–Kier alpha value is -0.340. The van der Waals surface area contributed by atoms with E-state index in [0.717, 1.165) is 12.0 Å². The minimum Gasteiger partial charge on any atom is -0.300 e. The van der Waals surface area contributed by atoms with Crippen LogP contribution in [0.5, 0.6) is 0 Å². The van der Waals surface area contributed by atoms with Crippen LogP contribution in [0.3, 0.4) is 0 Å². The smallest absolute Gasteiger partial charge is 0.0175 e. The summed E-state index contributed by atoms with van der Waals surface area (Å²) in [4.78, 5) is 2.67. The lowest BCUT2D eigenvalue weighted by molar-refractivity contribution is 0.314. The fraction of sp³-hybridized carbons (Fsp3) is 0.538. The summed E-state index contributed by atoms with van der Waals surface area (Å²) >= 11 is 3.50. The zero-order valence-electron chi connectivity index (χ0n) is 8.82. The number of benzene rings is 1. The summed E-state index contributed by atoms with van der Waals surface area (Å²) in [5.74, 6) is 0.792. The molecule has 0 saturated carbocycles. The first-order valence-electron chi connectivity index (χ1n) is 5.84. The van der Waals surface area contributed by atoms with Crippen molar-refractivity contribution in [2.75, 3.05) is 13.1 Å². The van der Waals surface area contributed by atoms with Gasteiger partial charge in [0.15, 0.2) is 0 Å². The van der Waals surface area contributed by atoms with Crippen molar-refractivity contribution >= 4 is 15.9 Å². The second-order valence-corrected chi connectivity index (χ2v) is 5.61. The Morgan fingerprint density at radius 3 is 2.67 bits per heavy atom. The number of hydrogen-bond donors (Lipinski definition) is 0. The van der Waals surface area contributed by atoms with E-state index < -0.39 is 0 Å². The molecule has 2 aliphatic heterocycles. The van der Waals surface area contributed by atoms with Crippen LogP contribution in [0.25, 0.3) is 0 Å². The van der Waals surface area contributed by atoms with Gasteiger partial charge in [0, 0.05) is 16.4 Å². The molecule has 0 aromatic heterocycles. The van der Waals surface area contributed by atoms with Crippen LogP contribution in [0.1, 0.15) is 30.7 Å². The Morgan fingerprint density at radius 2 is 1.87 bits per heavy atom. The first kappa shape index (κ1) is 9.86. The molecule has 2 heterocycles. The van der Waals surface area contributed by atoms with Crippen molar-refractivity contribution in [1.29, 1.82) is 0 Å². The topological polar surface area (TPSA) is 3.24 Å². The molecule has 3 rings (SSSR count). The molecule has 80 valence electrons. The molecule has 0 spiro atoms. The zero-order valence-corrected chi connectivity index (χ0v) is 10.4. The van der Waals surface area contributed by atoms with Crippen molar-refractivity contribution in [2.45, 2.75) is 31.2 Å². The molecule has 1 aromatic carbocycles. The molecule has 0 N–H and O–H groups in total. The van der Waals surface area contributed by atoms with E-state index in [4.69, 9.17) is 0 Å². The summed E-state index contributed by atoms with van der Waals surface area (Å²) in [6.45, 7) is 2.64. The zero-order chi connectivity index (χ0) is 10.3. The van der Waals surface area contributed by atoms with Crippen LogP contribution in [0.2, 0.25) is 0 Å². The van der Waals surface area contributed by atoms with Crippen LogP contribution < -0.4 is 0 Å². The van der Waals surface area contributed by atoms with Gasteiger partial charge >= 0.3 is 0 Å². The van der Waals surface area contributed by atoms with E-state index in [1.807, 2.05) is 0 Å². The lowest BCUT2D eigenvalue weighted by Gasteiger charge is -2.20. The quantitative estimate of drug-likeness (QED) is 0.753. The van der Waals surface area contributed by atoms with Crippen LogP contribution in [0, 0.1) is 0 Å². The van der Waals surface area contributed by atoms with Crippen molar-refractivity contribution in [3.63, 3.8) is 0 Å².